The van der Waals surface area contributed by atoms with Gasteiger partial charge >= 0.3 is 0 Å². The predicted octanol–water partition coefficient (Wildman–Crippen LogP) is 3.67. The zero-order valence-electron chi connectivity index (χ0n) is 10.4. The molecule has 0 saturated heterocycles. The molecular formula is C13H14ClF2NO2. The van der Waals surface area contributed by atoms with Crippen molar-refractivity contribution in [2.45, 2.75) is 31.8 Å². The molecule has 1 aromatic carbocycles. The number of Topliss-reactive ketones (excluding diaryl/α,β-unsaturated/α-hetero) is 1. The van der Waals surface area contributed by atoms with E-state index in [1.54, 1.807) is 0 Å². The number of carbonyl (C=O) groups excluding carboxylic acids is 2. The summed E-state index contributed by atoms with van der Waals surface area (Å²) >= 11 is 4.96. The van der Waals surface area contributed by atoms with Crippen LogP contribution in [0.25, 0.3) is 0 Å². The number of unbranched alkanes of at least 4 members (excludes halogenated alkanes) is 1. The molecule has 0 fully saturated rings. The first kappa shape index (κ1) is 15.6. The van der Waals surface area contributed by atoms with Gasteiger partial charge in [0.05, 0.1) is 5.56 Å². The van der Waals surface area contributed by atoms with Gasteiger partial charge in [-0.05, 0) is 24.6 Å². The van der Waals surface area contributed by atoms with E-state index in [0.717, 1.165) is 12.5 Å². The molecule has 0 aliphatic heterocycles. The Morgan fingerprint density at radius 3 is 2.68 bits per heavy atom. The van der Waals surface area contributed by atoms with Crippen LogP contribution in [-0.2, 0) is 4.79 Å². The van der Waals surface area contributed by atoms with Gasteiger partial charge in [-0.15, -0.1) is 0 Å². The molecule has 0 saturated carbocycles. The number of rotatable bonds is 6. The van der Waals surface area contributed by atoms with Crippen LogP contribution in [0.5, 0.6) is 0 Å². The fraction of sp³-hybridized carbons (Fsp3) is 0.385. The maximum absolute atomic E-state index is 13.5. The third-order valence-corrected chi connectivity index (χ3v) is 2.69. The number of carbonyl (C=O) groups is 2. The van der Waals surface area contributed by atoms with Gasteiger partial charge in [-0.25, -0.2) is 8.78 Å². The van der Waals surface area contributed by atoms with Crippen molar-refractivity contribution in [1.82, 2.24) is 0 Å². The van der Waals surface area contributed by atoms with Crippen molar-refractivity contribution in [3.8, 4) is 0 Å². The molecule has 0 aliphatic rings. The Kier molecular flexibility index (Phi) is 5.89. The molecule has 0 bridgehead atoms. The van der Waals surface area contributed by atoms with E-state index in [9.17, 15) is 18.4 Å². The van der Waals surface area contributed by atoms with Gasteiger partial charge in [-0.3, -0.25) is 9.59 Å². The van der Waals surface area contributed by atoms with Gasteiger partial charge in [0.15, 0.2) is 5.78 Å². The zero-order chi connectivity index (χ0) is 14.4. The van der Waals surface area contributed by atoms with E-state index >= 15 is 0 Å². The third kappa shape index (κ3) is 4.59. The molecule has 6 heteroatoms. The Morgan fingerprint density at radius 1 is 1.42 bits per heavy atom. The van der Waals surface area contributed by atoms with Crippen LogP contribution in [0, 0.1) is 5.82 Å². The van der Waals surface area contributed by atoms with Crippen LogP contribution in [0.1, 0.15) is 36.5 Å². The minimum Gasteiger partial charge on any atom is -0.322 e. The maximum Gasteiger partial charge on any atom is 0.274 e. The highest BCUT2D eigenvalue weighted by Gasteiger charge is 2.16. The van der Waals surface area contributed by atoms with Gasteiger partial charge < -0.3 is 5.32 Å². The summed E-state index contributed by atoms with van der Waals surface area (Å²) in [5.41, 5.74) is -2.17. The van der Waals surface area contributed by atoms with E-state index in [1.165, 1.54) is 12.1 Å². The summed E-state index contributed by atoms with van der Waals surface area (Å²) in [6.45, 7) is 1.92. The van der Waals surface area contributed by atoms with Crippen molar-refractivity contribution in [3.05, 3.63) is 29.6 Å². The number of benzene rings is 1. The minimum absolute atomic E-state index is 0.115. The van der Waals surface area contributed by atoms with Crippen LogP contribution in [0.15, 0.2) is 18.2 Å². The number of nitrogens with one attached hydrogen (secondary N) is 1. The van der Waals surface area contributed by atoms with Crippen LogP contribution >= 0.6 is 11.6 Å². The molecule has 0 aromatic heterocycles. The van der Waals surface area contributed by atoms with Gasteiger partial charge in [-0.2, -0.15) is 0 Å². The molecule has 3 nitrogen and oxygen atoms in total. The lowest BCUT2D eigenvalue weighted by Crippen LogP contribution is -2.19. The Labute approximate surface area is 114 Å². The maximum atomic E-state index is 13.5. The summed E-state index contributed by atoms with van der Waals surface area (Å²) in [5, 5.41) is 2.16. The van der Waals surface area contributed by atoms with Crippen LogP contribution < -0.4 is 5.32 Å². The van der Waals surface area contributed by atoms with Gasteiger partial charge in [0, 0.05) is 12.1 Å². The highest BCUT2D eigenvalue weighted by atomic mass is 35.5. The highest BCUT2D eigenvalue weighted by molar-refractivity contribution is 6.31. The van der Waals surface area contributed by atoms with Crippen molar-refractivity contribution < 1.29 is 18.4 Å². The smallest absolute Gasteiger partial charge is 0.274 e. The van der Waals surface area contributed by atoms with Gasteiger partial charge in [0.2, 0.25) is 0 Å². The van der Waals surface area contributed by atoms with Crippen molar-refractivity contribution in [3.63, 3.8) is 0 Å². The van der Waals surface area contributed by atoms with E-state index < -0.39 is 17.4 Å². The topological polar surface area (TPSA) is 46.2 Å². The third-order valence-electron chi connectivity index (χ3n) is 2.49. The second-order valence-corrected chi connectivity index (χ2v) is 4.39. The summed E-state index contributed by atoms with van der Waals surface area (Å²) in [7, 11) is 0. The number of ketones is 1. The molecule has 0 radical (unpaired) electrons. The molecular weight excluding hydrogens is 276 g/mol. The van der Waals surface area contributed by atoms with Crippen molar-refractivity contribution >= 4 is 29.0 Å². The lowest BCUT2D eigenvalue weighted by atomic mass is 10.0. The average Bonchev–Trinajstić information content (AvgIpc) is 2.37. The quantitative estimate of drug-likeness (QED) is 0.641. The number of halogens is 3. The lowest BCUT2D eigenvalue weighted by molar-refractivity contribution is -0.118. The Hall–Kier alpha value is -1.49. The molecule has 1 atom stereocenters. The lowest BCUT2D eigenvalue weighted by Gasteiger charge is -2.08. The predicted molar refractivity (Wildman–Crippen MR) is 69.6 cm³/mol. The Bertz CT molecular complexity index is 478. The van der Waals surface area contributed by atoms with Crippen LogP contribution in [-0.4, -0.2) is 17.3 Å². The van der Waals surface area contributed by atoms with Gasteiger partial charge in [0.25, 0.3) is 11.5 Å². The monoisotopic (exact) mass is 289 g/mol. The molecule has 104 valence electrons. The molecule has 1 aromatic rings. The minimum atomic E-state index is -2.19. The molecule has 0 aliphatic carbocycles. The van der Waals surface area contributed by atoms with Crippen molar-refractivity contribution in [2.24, 2.45) is 0 Å². The van der Waals surface area contributed by atoms with Crippen LogP contribution in [0.4, 0.5) is 14.5 Å². The number of amides is 1. The molecule has 0 heterocycles. The van der Waals surface area contributed by atoms with E-state index in [1.807, 2.05) is 6.92 Å². The number of anilines is 1. The second-order valence-electron chi connectivity index (χ2n) is 4.01. The molecule has 19 heavy (non-hydrogen) atoms. The Morgan fingerprint density at radius 2 is 2.11 bits per heavy atom. The first-order valence-corrected chi connectivity index (χ1v) is 6.31. The van der Waals surface area contributed by atoms with Crippen LogP contribution in [0.2, 0.25) is 0 Å². The van der Waals surface area contributed by atoms with Gasteiger partial charge in [-0.1, -0.05) is 24.9 Å². The van der Waals surface area contributed by atoms with Crippen molar-refractivity contribution in [2.75, 3.05) is 5.32 Å². The van der Waals surface area contributed by atoms with E-state index in [-0.39, 0.29) is 23.5 Å². The zero-order valence-corrected chi connectivity index (χ0v) is 11.1. The summed E-state index contributed by atoms with van der Waals surface area (Å²) in [6.07, 6.45) is 1.70. The van der Waals surface area contributed by atoms with E-state index in [4.69, 9.17) is 11.6 Å². The SMILES string of the molecule is CCCCC(=O)c1cc(NC(=O)C(F)Cl)ccc1F. The summed E-state index contributed by atoms with van der Waals surface area (Å²) in [4.78, 5) is 22.8. The fourth-order valence-corrected chi connectivity index (χ4v) is 1.54. The highest BCUT2D eigenvalue weighted by Crippen LogP contribution is 2.18. The largest absolute Gasteiger partial charge is 0.322 e. The first-order chi connectivity index (χ1) is 8.95. The van der Waals surface area contributed by atoms with Crippen molar-refractivity contribution in [1.29, 1.82) is 0 Å². The van der Waals surface area contributed by atoms with E-state index in [0.29, 0.717) is 6.42 Å². The Balaban J connectivity index is 2.88. The summed E-state index contributed by atoms with van der Waals surface area (Å²) < 4.78 is 26.0. The molecule has 0 spiro atoms. The number of hydrogen-bond donors (Lipinski definition) is 1. The van der Waals surface area contributed by atoms with E-state index in [2.05, 4.69) is 5.32 Å². The number of hydrogen-bond acceptors (Lipinski definition) is 2. The second kappa shape index (κ2) is 7.19. The van der Waals surface area contributed by atoms with Crippen LogP contribution in [0.3, 0.4) is 0 Å². The molecule has 1 unspecified atom stereocenters. The summed E-state index contributed by atoms with van der Waals surface area (Å²) in [6, 6.07) is 3.48. The average molecular weight is 290 g/mol. The molecule has 1 amide bonds. The normalized spacial score (nSPS) is 12.0. The fourth-order valence-electron chi connectivity index (χ4n) is 1.49. The summed E-state index contributed by atoms with van der Waals surface area (Å²) in [5.74, 6) is -2.07. The van der Waals surface area contributed by atoms with Gasteiger partial charge in [0.1, 0.15) is 5.82 Å². The molecule has 1 N–H and O–H groups in total. The first-order valence-electron chi connectivity index (χ1n) is 5.87. The number of alkyl halides is 2. The standard InChI is InChI=1S/C13H14ClF2NO2/c1-2-3-4-11(18)9-7-8(5-6-10(9)15)17-13(19)12(14)16/h5-7,12H,2-4H2,1H3,(H,17,19). The molecule has 1 rings (SSSR count).